The number of oxazole rings is 1. The molecule has 0 atom stereocenters. The van der Waals surface area contributed by atoms with Crippen LogP contribution in [-0.2, 0) is 16.6 Å². The van der Waals surface area contributed by atoms with Gasteiger partial charge in [0, 0.05) is 31.0 Å². The second-order valence-corrected chi connectivity index (χ2v) is 6.57. The number of carbonyl (C=O) groups is 1. The lowest BCUT2D eigenvalue weighted by Gasteiger charge is -2.17. The normalized spacial score (nSPS) is 11.5. The molecule has 1 aromatic heterocycles. The third kappa shape index (κ3) is 3.75. The molecule has 1 amide bonds. The Bertz CT molecular complexity index is 639. The summed E-state index contributed by atoms with van der Waals surface area (Å²) in [5, 5.41) is 0. The molecule has 1 aromatic carbocycles. The minimum Gasteiger partial charge on any atom is -0.445 e. The summed E-state index contributed by atoms with van der Waals surface area (Å²) in [6, 6.07) is 9.64. The molecule has 0 aliphatic rings. The molecule has 0 saturated heterocycles. The molecule has 0 spiro atoms. The third-order valence-electron chi connectivity index (χ3n) is 3.62. The molecule has 4 heteroatoms. The van der Waals surface area contributed by atoms with Gasteiger partial charge in [-0.3, -0.25) is 4.79 Å². The average Bonchev–Trinajstić information content (AvgIpc) is 2.86. The number of aryl methyl sites for hydroxylation is 2. The van der Waals surface area contributed by atoms with Crippen LogP contribution in [-0.4, -0.2) is 17.9 Å². The van der Waals surface area contributed by atoms with Gasteiger partial charge in [0.05, 0.1) is 5.69 Å². The Labute approximate surface area is 132 Å². The monoisotopic (exact) mass is 300 g/mol. The molecule has 0 saturated carbocycles. The molecule has 0 fully saturated rings. The second kappa shape index (κ2) is 6.34. The number of para-hydroxylation sites is 1. The van der Waals surface area contributed by atoms with Crippen molar-refractivity contribution in [3.8, 4) is 0 Å². The number of aromatic nitrogens is 1. The first-order valence-electron chi connectivity index (χ1n) is 7.57. The van der Waals surface area contributed by atoms with E-state index in [9.17, 15) is 4.79 Å². The number of hydrogen-bond acceptors (Lipinski definition) is 3. The Morgan fingerprint density at radius 1 is 1.23 bits per heavy atom. The lowest BCUT2D eigenvalue weighted by Crippen LogP contribution is -2.26. The molecular weight excluding hydrogens is 276 g/mol. The van der Waals surface area contributed by atoms with E-state index in [1.165, 1.54) is 0 Å². The maximum absolute atomic E-state index is 12.3. The number of anilines is 1. The lowest BCUT2D eigenvalue weighted by molar-refractivity contribution is -0.118. The lowest BCUT2D eigenvalue weighted by atomic mass is 9.97. The molecule has 0 bridgehead atoms. The van der Waals surface area contributed by atoms with Gasteiger partial charge in [-0.2, -0.15) is 0 Å². The summed E-state index contributed by atoms with van der Waals surface area (Å²) < 4.78 is 5.83. The minimum atomic E-state index is -0.117. The van der Waals surface area contributed by atoms with Crippen molar-refractivity contribution in [2.24, 2.45) is 0 Å². The predicted octanol–water partition coefficient (Wildman–Crippen LogP) is 3.88. The molecule has 0 unspecified atom stereocenters. The molecule has 22 heavy (non-hydrogen) atoms. The molecule has 118 valence electrons. The fourth-order valence-corrected chi connectivity index (χ4v) is 2.16. The van der Waals surface area contributed by atoms with Crippen molar-refractivity contribution in [3.63, 3.8) is 0 Å². The number of amides is 1. The summed E-state index contributed by atoms with van der Waals surface area (Å²) in [6.07, 6.45) is 0.982. The summed E-state index contributed by atoms with van der Waals surface area (Å²) in [7, 11) is 1.80. The van der Waals surface area contributed by atoms with Crippen LogP contribution in [0.5, 0.6) is 0 Å². The summed E-state index contributed by atoms with van der Waals surface area (Å²) in [4.78, 5) is 18.4. The molecule has 0 aliphatic carbocycles. The van der Waals surface area contributed by atoms with Gasteiger partial charge in [0.15, 0.2) is 5.89 Å². The van der Waals surface area contributed by atoms with Crippen LogP contribution in [0.3, 0.4) is 0 Å². The van der Waals surface area contributed by atoms with Crippen LogP contribution in [0.25, 0.3) is 0 Å². The maximum atomic E-state index is 12.3. The van der Waals surface area contributed by atoms with E-state index in [-0.39, 0.29) is 11.3 Å². The SMILES string of the molecule is Cc1nc(C(C)(C)C)oc1CCC(=O)N(C)c1ccccc1. The molecule has 4 nitrogen and oxygen atoms in total. The molecule has 0 aliphatic heterocycles. The first kappa shape index (κ1) is 16.3. The van der Waals surface area contributed by atoms with Crippen molar-refractivity contribution in [2.45, 2.75) is 46.0 Å². The van der Waals surface area contributed by atoms with Crippen molar-refractivity contribution < 1.29 is 9.21 Å². The molecular formula is C18H24N2O2. The van der Waals surface area contributed by atoms with E-state index in [4.69, 9.17) is 4.42 Å². The van der Waals surface area contributed by atoms with E-state index in [0.717, 1.165) is 23.0 Å². The summed E-state index contributed by atoms with van der Waals surface area (Å²) >= 11 is 0. The van der Waals surface area contributed by atoms with E-state index in [1.807, 2.05) is 37.3 Å². The highest BCUT2D eigenvalue weighted by Gasteiger charge is 2.22. The van der Waals surface area contributed by atoms with Gasteiger partial charge in [0.1, 0.15) is 5.76 Å². The standard InChI is InChI=1S/C18H24N2O2/c1-13-15(22-17(19-13)18(2,3)4)11-12-16(21)20(5)14-9-7-6-8-10-14/h6-10H,11-12H2,1-5H3. The molecule has 0 radical (unpaired) electrons. The van der Waals surface area contributed by atoms with Crippen LogP contribution in [0.2, 0.25) is 0 Å². The van der Waals surface area contributed by atoms with Crippen LogP contribution < -0.4 is 4.90 Å². The van der Waals surface area contributed by atoms with Crippen LogP contribution in [0, 0.1) is 6.92 Å². The Morgan fingerprint density at radius 3 is 2.41 bits per heavy atom. The Morgan fingerprint density at radius 2 is 1.86 bits per heavy atom. The number of nitrogens with zero attached hydrogens (tertiary/aromatic N) is 2. The van der Waals surface area contributed by atoms with Crippen LogP contribution in [0.1, 0.15) is 44.5 Å². The van der Waals surface area contributed by atoms with E-state index in [1.54, 1.807) is 11.9 Å². The number of hydrogen-bond donors (Lipinski definition) is 0. The number of benzene rings is 1. The van der Waals surface area contributed by atoms with Crippen molar-refractivity contribution in [1.82, 2.24) is 4.98 Å². The van der Waals surface area contributed by atoms with Gasteiger partial charge in [-0.05, 0) is 19.1 Å². The highest BCUT2D eigenvalue weighted by Crippen LogP contribution is 2.24. The van der Waals surface area contributed by atoms with Crippen LogP contribution >= 0.6 is 0 Å². The Balaban J connectivity index is 2.01. The molecule has 2 aromatic rings. The first-order valence-corrected chi connectivity index (χ1v) is 7.57. The Kier molecular flexibility index (Phi) is 4.69. The highest BCUT2D eigenvalue weighted by molar-refractivity contribution is 5.92. The smallest absolute Gasteiger partial charge is 0.227 e. The van der Waals surface area contributed by atoms with Crippen molar-refractivity contribution in [1.29, 1.82) is 0 Å². The summed E-state index contributed by atoms with van der Waals surface area (Å²) in [6.45, 7) is 8.13. The van der Waals surface area contributed by atoms with Gasteiger partial charge >= 0.3 is 0 Å². The zero-order chi connectivity index (χ0) is 16.3. The zero-order valence-electron chi connectivity index (χ0n) is 14.0. The Hall–Kier alpha value is -2.10. The fraction of sp³-hybridized carbons (Fsp3) is 0.444. The zero-order valence-corrected chi connectivity index (χ0v) is 14.0. The van der Waals surface area contributed by atoms with Gasteiger partial charge in [-0.15, -0.1) is 0 Å². The van der Waals surface area contributed by atoms with Crippen LogP contribution in [0.4, 0.5) is 5.69 Å². The van der Waals surface area contributed by atoms with E-state index < -0.39 is 0 Å². The van der Waals surface area contributed by atoms with Gasteiger partial charge < -0.3 is 9.32 Å². The molecule has 0 N–H and O–H groups in total. The maximum Gasteiger partial charge on any atom is 0.227 e. The van der Waals surface area contributed by atoms with Crippen molar-refractivity contribution in [3.05, 3.63) is 47.7 Å². The van der Waals surface area contributed by atoms with Crippen molar-refractivity contribution >= 4 is 11.6 Å². The minimum absolute atomic E-state index is 0.0688. The van der Waals surface area contributed by atoms with Crippen molar-refractivity contribution in [2.75, 3.05) is 11.9 Å². The highest BCUT2D eigenvalue weighted by atomic mass is 16.4. The average molecular weight is 300 g/mol. The van der Waals surface area contributed by atoms with Gasteiger partial charge in [-0.1, -0.05) is 39.0 Å². The third-order valence-corrected chi connectivity index (χ3v) is 3.62. The largest absolute Gasteiger partial charge is 0.445 e. The first-order chi connectivity index (χ1) is 10.3. The second-order valence-electron chi connectivity index (χ2n) is 6.57. The molecule has 1 heterocycles. The molecule has 2 rings (SSSR count). The van der Waals surface area contributed by atoms with Crippen LogP contribution in [0.15, 0.2) is 34.7 Å². The summed E-state index contributed by atoms with van der Waals surface area (Å²) in [5.41, 5.74) is 1.66. The quantitative estimate of drug-likeness (QED) is 0.861. The van der Waals surface area contributed by atoms with E-state index in [0.29, 0.717) is 12.8 Å². The topological polar surface area (TPSA) is 46.3 Å². The summed E-state index contributed by atoms with van der Waals surface area (Å²) in [5.74, 6) is 1.60. The predicted molar refractivity (Wildman–Crippen MR) is 88.1 cm³/mol. The number of rotatable bonds is 4. The van der Waals surface area contributed by atoms with Gasteiger partial charge in [0.2, 0.25) is 5.91 Å². The number of carbonyl (C=O) groups excluding carboxylic acids is 1. The van der Waals surface area contributed by atoms with Gasteiger partial charge in [0.25, 0.3) is 0 Å². The van der Waals surface area contributed by atoms with E-state index in [2.05, 4.69) is 25.8 Å². The van der Waals surface area contributed by atoms with E-state index >= 15 is 0 Å². The fourth-order valence-electron chi connectivity index (χ4n) is 2.16. The van der Waals surface area contributed by atoms with Gasteiger partial charge in [-0.25, -0.2) is 4.98 Å².